The largest absolute Gasteiger partial charge is 0.465 e. The zero-order valence-electron chi connectivity index (χ0n) is 4.70. The second kappa shape index (κ2) is 1.62. The molecule has 1 aromatic rings. The van der Waals surface area contributed by atoms with E-state index < -0.39 is 0 Å². The van der Waals surface area contributed by atoms with Gasteiger partial charge in [-0.2, -0.15) is 0 Å². The zero-order chi connectivity index (χ0) is 6.10. The molecule has 0 spiro atoms. The molecule has 0 fully saturated rings. The summed E-state index contributed by atoms with van der Waals surface area (Å²) in [5.74, 6) is 1.59. The summed E-state index contributed by atoms with van der Waals surface area (Å²) in [5, 5.41) is 3.61. The number of furan rings is 1. The summed E-state index contributed by atoms with van der Waals surface area (Å²) in [6.45, 7) is 0. The highest BCUT2D eigenvalue weighted by Crippen LogP contribution is 2.21. The first-order chi connectivity index (χ1) is 4.47. The van der Waals surface area contributed by atoms with Crippen molar-refractivity contribution in [3.63, 3.8) is 0 Å². The Morgan fingerprint density at radius 3 is 3.44 bits per heavy atom. The van der Waals surface area contributed by atoms with Crippen molar-refractivity contribution < 1.29 is 9.25 Å². The second-order valence-corrected chi connectivity index (χ2v) is 1.79. The average molecular weight is 123 g/mol. The molecule has 0 atom stereocenters. The van der Waals surface area contributed by atoms with Gasteiger partial charge in [0, 0.05) is 12.5 Å². The van der Waals surface area contributed by atoms with Crippen LogP contribution in [0.5, 0.6) is 5.75 Å². The van der Waals surface area contributed by atoms with E-state index in [1.165, 1.54) is 0 Å². The minimum atomic E-state index is 0.734. The topological polar surface area (TPSA) is 34.7 Å². The van der Waals surface area contributed by atoms with Crippen LogP contribution < -0.4 is 4.84 Å². The van der Waals surface area contributed by atoms with E-state index in [2.05, 4.69) is 5.16 Å². The Labute approximate surface area is 51.9 Å². The average Bonchev–Trinajstić information content (AvgIpc) is 2.33. The molecule has 0 saturated carbocycles. The molecule has 1 aromatic heterocycles. The summed E-state index contributed by atoms with van der Waals surface area (Å²) in [7, 11) is 0. The third-order valence-corrected chi connectivity index (χ3v) is 1.21. The molecule has 1 aliphatic heterocycles. The number of fused-ring (bicyclic) bond motifs is 1. The van der Waals surface area contributed by atoms with E-state index in [-0.39, 0.29) is 0 Å². The lowest BCUT2D eigenvalue weighted by atomic mass is 10.3. The van der Waals surface area contributed by atoms with Crippen molar-refractivity contribution in [1.82, 2.24) is 0 Å². The van der Waals surface area contributed by atoms with Crippen LogP contribution in [-0.4, -0.2) is 6.21 Å². The van der Waals surface area contributed by atoms with Crippen LogP contribution in [0.1, 0.15) is 5.76 Å². The fraction of sp³-hybridized carbons (Fsp3) is 0.167. The van der Waals surface area contributed by atoms with Crippen LogP contribution in [0.2, 0.25) is 0 Å². The lowest BCUT2D eigenvalue weighted by molar-refractivity contribution is 0.322. The molecule has 3 heteroatoms. The molecule has 9 heavy (non-hydrogen) atoms. The van der Waals surface area contributed by atoms with Crippen LogP contribution >= 0.6 is 0 Å². The number of rotatable bonds is 0. The Balaban J connectivity index is 2.46. The number of hydrogen-bond donors (Lipinski definition) is 0. The summed E-state index contributed by atoms with van der Waals surface area (Å²) in [6, 6.07) is 1.76. The van der Waals surface area contributed by atoms with Gasteiger partial charge in [0.15, 0.2) is 11.5 Å². The van der Waals surface area contributed by atoms with Crippen LogP contribution in [0.4, 0.5) is 0 Å². The molecular weight excluding hydrogens is 118 g/mol. The van der Waals surface area contributed by atoms with Crippen LogP contribution in [0.25, 0.3) is 0 Å². The highest BCUT2D eigenvalue weighted by atomic mass is 16.6. The summed E-state index contributed by atoms with van der Waals surface area (Å²) in [4.78, 5) is 4.84. The summed E-state index contributed by atoms with van der Waals surface area (Å²) in [6.07, 6.45) is 4.01. The molecule has 0 N–H and O–H groups in total. The zero-order valence-corrected chi connectivity index (χ0v) is 4.70. The van der Waals surface area contributed by atoms with Gasteiger partial charge in [0.2, 0.25) is 0 Å². The molecule has 2 rings (SSSR count). The fourth-order valence-electron chi connectivity index (χ4n) is 0.773. The van der Waals surface area contributed by atoms with Crippen molar-refractivity contribution in [3.05, 3.63) is 18.1 Å². The third kappa shape index (κ3) is 0.614. The molecule has 0 amide bonds. The molecule has 0 bridgehead atoms. The Morgan fingerprint density at radius 2 is 2.56 bits per heavy atom. The maximum absolute atomic E-state index is 5.04. The first-order valence-corrected chi connectivity index (χ1v) is 2.72. The van der Waals surface area contributed by atoms with Gasteiger partial charge in [-0.15, -0.1) is 0 Å². The van der Waals surface area contributed by atoms with E-state index in [0.29, 0.717) is 0 Å². The van der Waals surface area contributed by atoms with Crippen molar-refractivity contribution in [2.75, 3.05) is 0 Å². The van der Waals surface area contributed by atoms with Crippen LogP contribution in [0.3, 0.4) is 0 Å². The van der Waals surface area contributed by atoms with Gasteiger partial charge in [-0.05, 0) is 0 Å². The molecule has 0 unspecified atom stereocenters. The van der Waals surface area contributed by atoms with Crippen molar-refractivity contribution in [3.8, 4) is 5.75 Å². The maximum atomic E-state index is 5.04. The van der Waals surface area contributed by atoms with E-state index in [4.69, 9.17) is 9.25 Å². The molecule has 0 saturated heterocycles. The lowest BCUT2D eigenvalue weighted by Crippen LogP contribution is -1.95. The van der Waals surface area contributed by atoms with Gasteiger partial charge in [0.1, 0.15) is 0 Å². The highest BCUT2D eigenvalue weighted by molar-refractivity contribution is 5.62. The van der Waals surface area contributed by atoms with Crippen molar-refractivity contribution in [1.29, 1.82) is 0 Å². The van der Waals surface area contributed by atoms with Crippen molar-refractivity contribution in [2.45, 2.75) is 6.42 Å². The van der Waals surface area contributed by atoms with Gasteiger partial charge in [0.05, 0.1) is 12.5 Å². The number of hydrogen-bond acceptors (Lipinski definition) is 3. The predicted octanol–water partition coefficient (Wildman–Crippen LogP) is 1.20. The molecule has 0 aliphatic carbocycles. The highest BCUT2D eigenvalue weighted by Gasteiger charge is 2.09. The van der Waals surface area contributed by atoms with Crippen molar-refractivity contribution in [2.24, 2.45) is 5.16 Å². The molecule has 2 heterocycles. The molecule has 3 nitrogen and oxygen atoms in total. The second-order valence-electron chi connectivity index (χ2n) is 1.79. The van der Waals surface area contributed by atoms with E-state index in [1.807, 2.05) is 0 Å². The molecule has 1 aliphatic rings. The predicted molar refractivity (Wildman–Crippen MR) is 31.5 cm³/mol. The summed E-state index contributed by atoms with van der Waals surface area (Å²) >= 11 is 0. The normalized spacial score (nSPS) is 14.7. The Kier molecular flexibility index (Phi) is 0.828. The van der Waals surface area contributed by atoms with E-state index in [0.717, 1.165) is 17.9 Å². The quantitative estimate of drug-likeness (QED) is 0.519. The molecule has 0 radical (unpaired) electrons. The summed E-state index contributed by atoms with van der Waals surface area (Å²) in [5.41, 5.74) is 0. The Morgan fingerprint density at radius 1 is 1.56 bits per heavy atom. The first kappa shape index (κ1) is 4.61. The number of oxime groups is 1. The SMILES string of the molecule is C1=NOc2ccoc2C1. The minimum Gasteiger partial charge on any atom is -0.465 e. The van der Waals surface area contributed by atoms with Crippen molar-refractivity contribution >= 4 is 6.21 Å². The monoisotopic (exact) mass is 123 g/mol. The number of nitrogens with zero attached hydrogens (tertiary/aromatic N) is 1. The van der Waals surface area contributed by atoms with Gasteiger partial charge >= 0.3 is 0 Å². The third-order valence-electron chi connectivity index (χ3n) is 1.21. The van der Waals surface area contributed by atoms with Gasteiger partial charge < -0.3 is 9.25 Å². The van der Waals surface area contributed by atoms with Crippen LogP contribution in [0, 0.1) is 0 Å². The molecule has 46 valence electrons. The van der Waals surface area contributed by atoms with Crippen LogP contribution in [0.15, 0.2) is 21.9 Å². The minimum absolute atomic E-state index is 0.734. The van der Waals surface area contributed by atoms with E-state index >= 15 is 0 Å². The standard InChI is InChI=1S/C6H5NO2/c1-3-7-9-6-2-4-8-5(1)6/h2-4H,1H2. The summed E-state index contributed by atoms with van der Waals surface area (Å²) < 4.78 is 5.04. The Bertz CT molecular complexity index is 216. The van der Waals surface area contributed by atoms with Gasteiger partial charge in [-0.25, -0.2) is 0 Å². The van der Waals surface area contributed by atoms with Gasteiger partial charge in [0.25, 0.3) is 0 Å². The molecule has 0 aromatic carbocycles. The lowest BCUT2D eigenvalue weighted by Gasteiger charge is -2.00. The molecular formula is C6H5NO2. The fourth-order valence-corrected chi connectivity index (χ4v) is 0.773. The van der Waals surface area contributed by atoms with E-state index in [9.17, 15) is 0 Å². The van der Waals surface area contributed by atoms with E-state index in [1.54, 1.807) is 18.5 Å². The maximum Gasteiger partial charge on any atom is 0.199 e. The van der Waals surface area contributed by atoms with Gasteiger partial charge in [-0.3, -0.25) is 0 Å². The smallest absolute Gasteiger partial charge is 0.199 e. The Hall–Kier alpha value is -1.25. The first-order valence-electron chi connectivity index (χ1n) is 2.72. The van der Waals surface area contributed by atoms with Crippen LogP contribution in [-0.2, 0) is 6.42 Å². The van der Waals surface area contributed by atoms with Gasteiger partial charge in [-0.1, -0.05) is 5.16 Å².